The fourth-order valence-electron chi connectivity index (χ4n) is 1.54. The Kier molecular flexibility index (Phi) is 7.50. The summed E-state index contributed by atoms with van der Waals surface area (Å²) in [6.45, 7) is 1.12. The first kappa shape index (κ1) is 17.4. The van der Waals surface area contributed by atoms with Crippen molar-refractivity contribution < 1.29 is 18.3 Å². The third-order valence-electron chi connectivity index (χ3n) is 2.49. The molecule has 2 N–H and O–H groups in total. The van der Waals surface area contributed by atoms with Crippen LogP contribution in [0.5, 0.6) is 5.75 Å². The van der Waals surface area contributed by atoms with Gasteiger partial charge < -0.3 is 15.2 Å². The largest absolute Gasteiger partial charge is 0.491 e. The molecule has 0 radical (unpaired) electrons. The lowest BCUT2D eigenvalue weighted by Crippen LogP contribution is -2.32. The average molecular weight is 366 g/mol. The second-order valence-corrected chi connectivity index (χ2v) is 7.79. The van der Waals surface area contributed by atoms with E-state index in [1.165, 1.54) is 6.26 Å². The van der Waals surface area contributed by atoms with E-state index in [1.807, 2.05) is 24.3 Å². The summed E-state index contributed by atoms with van der Waals surface area (Å²) in [5.74, 6) is 0.848. The topological polar surface area (TPSA) is 75.6 Å². The number of hydrogen-bond acceptors (Lipinski definition) is 5. The zero-order valence-corrected chi connectivity index (χ0v) is 13.8. The molecule has 1 aromatic carbocycles. The van der Waals surface area contributed by atoms with Crippen molar-refractivity contribution in [1.82, 2.24) is 5.32 Å². The molecule has 7 heteroatoms. The Hall–Kier alpha value is -0.630. The zero-order chi connectivity index (χ0) is 15.0. The summed E-state index contributed by atoms with van der Waals surface area (Å²) in [7, 11) is -2.91. The Morgan fingerprint density at radius 2 is 2.20 bits per heavy atom. The molecule has 1 atom stereocenters. The third kappa shape index (κ3) is 8.52. The van der Waals surface area contributed by atoms with E-state index in [1.54, 1.807) is 0 Å². The maximum atomic E-state index is 10.9. The highest BCUT2D eigenvalue weighted by Crippen LogP contribution is 2.17. The van der Waals surface area contributed by atoms with Crippen LogP contribution in [0.1, 0.15) is 6.42 Å². The van der Waals surface area contributed by atoms with Crippen molar-refractivity contribution in [2.45, 2.75) is 12.5 Å². The molecule has 1 aromatic rings. The van der Waals surface area contributed by atoms with Crippen molar-refractivity contribution in [3.05, 3.63) is 28.7 Å². The molecular formula is C13H20BrNO4S. The van der Waals surface area contributed by atoms with Gasteiger partial charge in [-0.15, -0.1) is 0 Å². The number of aliphatic hydroxyl groups is 1. The van der Waals surface area contributed by atoms with Crippen LogP contribution in [0.2, 0.25) is 0 Å². The molecule has 0 aliphatic carbocycles. The van der Waals surface area contributed by atoms with E-state index in [2.05, 4.69) is 21.2 Å². The van der Waals surface area contributed by atoms with Crippen LogP contribution in [0.15, 0.2) is 28.7 Å². The molecule has 0 amide bonds. The van der Waals surface area contributed by atoms with Crippen LogP contribution in [-0.4, -0.2) is 51.3 Å². The Labute approximate surface area is 128 Å². The number of hydrogen-bond donors (Lipinski definition) is 2. The molecule has 0 saturated carbocycles. The maximum Gasteiger partial charge on any atom is 0.147 e. The molecule has 0 aliphatic rings. The fourth-order valence-corrected chi connectivity index (χ4v) is 2.58. The molecule has 1 unspecified atom stereocenters. The van der Waals surface area contributed by atoms with Crippen LogP contribution < -0.4 is 10.1 Å². The highest BCUT2D eigenvalue weighted by atomic mass is 79.9. The van der Waals surface area contributed by atoms with Gasteiger partial charge >= 0.3 is 0 Å². The first-order chi connectivity index (χ1) is 9.37. The van der Waals surface area contributed by atoms with Crippen LogP contribution in [-0.2, 0) is 9.84 Å². The van der Waals surface area contributed by atoms with Crippen molar-refractivity contribution in [2.75, 3.05) is 31.7 Å². The van der Waals surface area contributed by atoms with Gasteiger partial charge in [0.15, 0.2) is 0 Å². The van der Waals surface area contributed by atoms with Crippen molar-refractivity contribution in [3.8, 4) is 5.75 Å². The lowest BCUT2D eigenvalue weighted by Gasteiger charge is -2.13. The number of nitrogens with one attached hydrogen (secondary N) is 1. The van der Waals surface area contributed by atoms with Gasteiger partial charge in [-0.2, -0.15) is 0 Å². The predicted molar refractivity (Wildman–Crippen MR) is 82.8 cm³/mol. The van der Waals surface area contributed by atoms with E-state index in [9.17, 15) is 13.5 Å². The molecule has 0 aromatic heterocycles. The Morgan fingerprint density at radius 1 is 1.45 bits per heavy atom. The number of benzene rings is 1. The van der Waals surface area contributed by atoms with Gasteiger partial charge in [0.1, 0.15) is 28.3 Å². The van der Waals surface area contributed by atoms with Crippen molar-refractivity contribution >= 4 is 25.8 Å². The van der Waals surface area contributed by atoms with Crippen LogP contribution in [0.25, 0.3) is 0 Å². The zero-order valence-electron chi connectivity index (χ0n) is 11.4. The minimum atomic E-state index is -2.91. The number of halogens is 1. The molecule has 0 saturated heterocycles. The van der Waals surface area contributed by atoms with Gasteiger partial charge in [-0.3, -0.25) is 0 Å². The molecule has 0 aliphatic heterocycles. The fraction of sp³-hybridized carbons (Fsp3) is 0.538. The minimum Gasteiger partial charge on any atom is -0.491 e. The van der Waals surface area contributed by atoms with Gasteiger partial charge in [0.05, 0.1) is 5.75 Å². The predicted octanol–water partition coefficient (Wildman–Crippen LogP) is 1.21. The van der Waals surface area contributed by atoms with Crippen LogP contribution >= 0.6 is 15.9 Å². The Bertz CT molecular complexity index is 507. The number of sulfone groups is 1. The molecule has 0 bridgehead atoms. The van der Waals surface area contributed by atoms with E-state index in [0.29, 0.717) is 25.3 Å². The summed E-state index contributed by atoms with van der Waals surface area (Å²) in [4.78, 5) is 0. The standard InChI is InChI=1S/C13H20BrNO4S/c1-20(17,18)7-3-6-15-9-12(16)10-19-13-5-2-4-11(14)8-13/h2,4-5,8,12,15-16H,3,6-7,9-10H2,1H3. The monoisotopic (exact) mass is 365 g/mol. The summed E-state index contributed by atoms with van der Waals surface area (Å²) in [6, 6.07) is 7.39. The quantitative estimate of drug-likeness (QED) is 0.643. The van der Waals surface area contributed by atoms with Crippen LogP contribution in [0.3, 0.4) is 0 Å². The summed E-state index contributed by atoms with van der Waals surface area (Å²) in [5.41, 5.74) is 0. The van der Waals surface area contributed by atoms with Gasteiger partial charge in [0, 0.05) is 17.3 Å². The summed E-state index contributed by atoms with van der Waals surface area (Å²) in [5, 5.41) is 12.7. The van der Waals surface area contributed by atoms with E-state index in [0.717, 1.165) is 4.47 Å². The highest BCUT2D eigenvalue weighted by Gasteiger charge is 2.06. The van der Waals surface area contributed by atoms with Gasteiger partial charge in [-0.25, -0.2) is 8.42 Å². The molecule has 20 heavy (non-hydrogen) atoms. The van der Waals surface area contributed by atoms with Crippen LogP contribution in [0.4, 0.5) is 0 Å². The SMILES string of the molecule is CS(=O)(=O)CCCNCC(O)COc1cccc(Br)c1. The third-order valence-corrected chi connectivity index (χ3v) is 4.01. The second-order valence-electron chi connectivity index (χ2n) is 4.61. The van der Waals surface area contributed by atoms with Gasteiger partial charge in [0.2, 0.25) is 0 Å². The Morgan fingerprint density at radius 3 is 2.85 bits per heavy atom. The normalized spacial score (nSPS) is 13.2. The molecule has 114 valence electrons. The average Bonchev–Trinajstić information content (AvgIpc) is 2.35. The first-order valence-electron chi connectivity index (χ1n) is 6.32. The maximum absolute atomic E-state index is 10.9. The molecular weight excluding hydrogens is 346 g/mol. The molecule has 5 nitrogen and oxygen atoms in total. The summed E-state index contributed by atoms with van der Waals surface area (Å²) >= 11 is 3.34. The van der Waals surface area contributed by atoms with Crippen molar-refractivity contribution in [1.29, 1.82) is 0 Å². The molecule has 1 rings (SSSR count). The summed E-state index contributed by atoms with van der Waals surface area (Å²) in [6.07, 6.45) is 1.12. The first-order valence-corrected chi connectivity index (χ1v) is 9.17. The van der Waals surface area contributed by atoms with Gasteiger partial charge in [-0.05, 0) is 31.2 Å². The lowest BCUT2D eigenvalue weighted by molar-refractivity contribution is 0.106. The van der Waals surface area contributed by atoms with Crippen LogP contribution in [0, 0.1) is 0 Å². The Balaban J connectivity index is 2.13. The number of rotatable bonds is 9. The van der Waals surface area contributed by atoms with E-state index >= 15 is 0 Å². The van der Waals surface area contributed by atoms with Crippen molar-refractivity contribution in [3.63, 3.8) is 0 Å². The van der Waals surface area contributed by atoms with E-state index < -0.39 is 15.9 Å². The molecule has 0 heterocycles. The summed E-state index contributed by atoms with van der Waals surface area (Å²) < 4.78 is 28.2. The second kappa shape index (κ2) is 8.61. The smallest absolute Gasteiger partial charge is 0.147 e. The lowest BCUT2D eigenvalue weighted by atomic mass is 10.3. The molecule has 0 fully saturated rings. The number of aliphatic hydroxyl groups excluding tert-OH is 1. The van der Waals surface area contributed by atoms with Crippen molar-refractivity contribution in [2.24, 2.45) is 0 Å². The number of ether oxygens (including phenoxy) is 1. The van der Waals surface area contributed by atoms with Gasteiger partial charge in [0.25, 0.3) is 0 Å². The highest BCUT2D eigenvalue weighted by molar-refractivity contribution is 9.10. The van der Waals surface area contributed by atoms with Gasteiger partial charge in [-0.1, -0.05) is 22.0 Å². The molecule has 0 spiro atoms. The minimum absolute atomic E-state index is 0.157. The van der Waals surface area contributed by atoms with E-state index in [4.69, 9.17) is 4.74 Å². The van der Waals surface area contributed by atoms with E-state index in [-0.39, 0.29) is 12.4 Å².